The molecule has 36 heavy (non-hydrogen) atoms. The summed E-state index contributed by atoms with van der Waals surface area (Å²) in [6.45, 7) is 2.39. The van der Waals surface area contributed by atoms with Crippen molar-refractivity contribution < 1.29 is 9.00 Å². The lowest BCUT2D eigenvalue weighted by Crippen LogP contribution is -2.48. The molecule has 1 fully saturated rings. The summed E-state index contributed by atoms with van der Waals surface area (Å²) in [5.74, 6) is 0.749. The number of carbonyl (C=O) groups is 1. The van der Waals surface area contributed by atoms with E-state index in [9.17, 15) is 9.00 Å². The van der Waals surface area contributed by atoms with E-state index in [1.807, 2.05) is 51.7 Å². The number of nitrogens with zero attached hydrogens (tertiary/aromatic N) is 7. The first-order valence-corrected chi connectivity index (χ1v) is 13.9. The molecule has 11 heteroatoms. The molecule has 1 saturated heterocycles. The standard InChI is InChI=1S/C25H23N7O2S2/c1-36(34)31-13-11-30(12-14-31)25(33)22-8-7-21(35-22)20-6-9-23-27-28-24(32(23)29-20)16-17-4-5-19-18(15-17)3-2-10-26-19/h2-10,15H,11-14,16H2,1H3. The number of aromatic nitrogens is 5. The molecule has 1 atom stereocenters. The second-order valence-electron chi connectivity index (χ2n) is 8.62. The van der Waals surface area contributed by atoms with E-state index in [2.05, 4.69) is 27.3 Å². The van der Waals surface area contributed by atoms with E-state index in [4.69, 9.17) is 5.10 Å². The first kappa shape index (κ1) is 22.9. The van der Waals surface area contributed by atoms with Crippen LogP contribution in [0.1, 0.15) is 21.1 Å². The van der Waals surface area contributed by atoms with Crippen molar-refractivity contribution >= 4 is 44.8 Å². The van der Waals surface area contributed by atoms with Gasteiger partial charge in [-0.25, -0.2) is 8.51 Å². The molecule has 0 saturated carbocycles. The number of hydrogen-bond acceptors (Lipinski definition) is 7. The second-order valence-corrected chi connectivity index (χ2v) is 11.1. The number of amides is 1. The predicted molar refractivity (Wildman–Crippen MR) is 140 cm³/mol. The Balaban J connectivity index is 1.23. The Hall–Kier alpha value is -3.54. The molecule has 0 aliphatic carbocycles. The van der Waals surface area contributed by atoms with Crippen LogP contribution in [-0.4, -0.2) is 76.6 Å². The van der Waals surface area contributed by atoms with E-state index in [-0.39, 0.29) is 5.91 Å². The fourth-order valence-corrected chi connectivity index (χ4v) is 6.00. The van der Waals surface area contributed by atoms with Crippen LogP contribution in [0.4, 0.5) is 0 Å². The minimum absolute atomic E-state index is 0.00430. The van der Waals surface area contributed by atoms with Crippen LogP contribution in [0, 0.1) is 0 Å². The van der Waals surface area contributed by atoms with Crippen molar-refractivity contribution in [3.05, 3.63) is 77.1 Å². The number of pyridine rings is 1. The third kappa shape index (κ3) is 4.41. The van der Waals surface area contributed by atoms with Crippen LogP contribution < -0.4 is 0 Å². The van der Waals surface area contributed by atoms with Gasteiger partial charge in [-0.3, -0.25) is 9.78 Å². The monoisotopic (exact) mass is 517 g/mol. The quantitative estimate of drug-likeness (QED) is 0.356. The highest BCUT2D eigenvalue weighted by Crippen LogP contribution is 2.28. The third-order valence-corrected chi connectivity index (χ3v) is 8.50. The highest BCUT2D eigenvalue weighted by Gasteiger charge is 2.25. The van der Waals surface area contributed by atoms with Gasteiger partial charge >= 0.3 is 0 Å². The first-order valence-electron chi connectivity index (χ1n) is 11.6. The summed E-state index contributed by atoms with van der Waals surface area (Å²) in [7, 11) is -1.00. The van der Waals surface area contributed by atoms with Gasteiger partial charge in [-0.15, -0.1) is 21.5 Å². The molecular formula is C25H23N7O2S2. The number of carbonyl (C=O) groups excluding carboxylic acids is 1. The van der Waals surface area contributed by atoms with Gasteiger partial charge < -0.3 is 4.90 Å². The Labute approximate surface area is 214 Å². The maximum Gasteiger partial charge on any atom is 0.264 e. The van der Waals surface area contributed by atoms with Crippen molar-refractivity contribution in [1.82, 2.24) is 34.0 Å². The Kier molecular flexibility index (Phi) is 6.04. The van der Waals surface area contributed by atoms with Crippen LogP contribution in [0.5, 0.6) is 0 Å². The lowest BCUT2D eigenvalue weighted by molar-refractivity contribution is 0.0706. The molecular weight excluding hydrogens is 494 g/mol. The molecule has 182 valence electrons. The van der Waals surface area contributed by atoms with E-state index < -0.39 is 11.0 Å². The van der Waals surface area contributed by atoms with Gasteiger partial charge in [0, 0.05) is 50.4 Å². The number of piperazine rings is 1. The topological polar surface area (TPSA) is 96.6 Å². The molecule has 5 heterocycles. The van der Waals surface area contributed by atoms with Gasteiger partial charge in [0.2, 0.25) is 0 Å². The van der Waals surface area contributed by atoms with E-state index in [0.717, 1.165) is 32.9 Å². The van der Waals surface area contributed by atoms with Crippen LogP contribution in [0.3, 0.4) is 0 Å². The normalized spacial score (nSPS) is 15.5. The average Bonchev–Trinajstić information content (AvgIpc) is 3.56. The minimum atomic E-state index is -1.00. The number of benzene rings is 1. The zero-order valence-electron chi connectivity index (χ0n) is 19.6. The van der Waals surface area contributed by atoms with Gasteiger partial charge in [-0.05, 0) is 48.0 Å². The first-order chi connectivity index (χ1) is 17.5. The highest BCUT2D eigenvalue weighted by molar-refractivity contribution is 7.81. The molecule has 1 amide bonds. The predicted octanol–water partition coefficient (Wildman–Crippen LogP) is 3.04. The third-order valence-electron chi connectivity index (χ3n) is 6.32. The number of hydrogen-bond donors (Lipinski definition) is 0. The van der Waals surface area contributed by atoms with Crippen LogP contribution in [0.25, 0.3) is 27.1 Å². The molecule has 0 radical (unpaired) electrons. The molecule has 1 aliphatic heterocycles. The molecule has 0 N–H and O–H groups in total. The smallest absolute Gasteiger partial charge is 0.264 e. The summed E-state index contributed by atoms with van der Waals surface area (Å²) in [6.07, 6.45) is 4.05. The summed E-state index contributed by atoms with van der Waals surface area (Å²) >= 11 is 1.43. The van der Waals surface area contributed by atoms with E-state index in [0.29, 0.717) is 43.1 Å². The van der Waals surface area contributed by atoms with Crippen molar-refractivity contribution in [2.75, 3.05) is 32.4 Å². The molecule has 9 nitrogen and oxygen atoms in total. The van der Waals surface area contributed by atoms with Crippen LogP contribution in [-0.2, 0) is 17.4 Å². The molecule has 1 unspecified atom stereocenters. The molecule has 6 rings (SSSR count). The van der Waals surface area contributed by atoms with Crippen molar-refractivity contribution in [2.24, 2.45) is 0 Å². The van der Waals surface area contributed by atoms with Crippen molar-refractivity contribution in [3.63, 3.8) is 0 Å². The van der Waals surface area contributed by atoms with Gasteiger partial charge in [0.05, 0.1) is 26.3 Å². The highest BCUT2D eigenvalue weighted by atomic mass is 32.2. The number of rotatable bonds is 5. The van der Waals surface area contributed by atoms with Crippen molar-refractivity contribution in [1.29, 1.82) is 0 Å². The summed E-state index contributed by atoms with van der Waals surface area (Å²) in [6, 6.07) is 17.7. The maximum absolute atomic E-state index is 13.0. The molecule has 4 aromatic heterocycles. The molecule has 1 aliphatic rings. The Morgan fingerprint density at radius 2 is 1.89 bits per heavy atom. The van der Waals surface area contributed by atoms with E-state index in [1.54, 1.807) is 17.0 Å². The van der Waals surface area contributed by atoms with Crippen molar-refractivity contribution in [2.45, 2.75) is 6.42 Å². The Morgan fingerprint density at radius 3 is 2.72 bits per heavy atom. The van der Waals surface area contributed by atoms with E-state index >= 15 is 0 Å². The molecule has 1 aromatic carbocycles. The molecule has 5 aromatic rings. The van der Waals surface area contributed by atoms with Gasteiger partial charge in [0.15, 0.2) is 11.5 Å². The van der Waals surface area contributed by atoms with Crippen molar-refractivity contribution in [3.8, 4) is 10.6 Å². The zero-order valence-corrected chi connectivity index (χ0v) is 21.2. The number of fused-ring (bicyclic) bond motifs is 2. The van der Waals surface area contributed by atoms with Gasteiger partial charge in [0.1, 0.15) is 5.69 Å². The van der Waals surface area contributed by atoms with Gasteiger partial charge in [-0.1, -0.05) is 12.1 Å². The Bertz CT molecular complexity index is 1600. The lowest BCUT2D eigenvalue weighted by Gasteiger charge is -2.32. The molecule has 0 bridgehead atoms. The number of thiophene rings is 1. The fraction of sp³-hybridized carbons (Fsp3) is 0.240. The van der Waals surface area contributed by atoms with Crippen LogP contribution in [0.15, 0.2) is 60.8 Å². The van der Waals surface area contributed by atoms with Gasteiger partial charge in [0.25, 0.3) is 5.91 Å². The SMILES string of the molecule is CS(=O)N1CCN(C(=O)c2ccc(-c3ccc4nnc(Cc5ccc6ncccc6c5)n4n3)s2)CC1. The van der Waals surface area contributed by atoms with Gasteiger partial charge in [-0.2, -0.15) is 9.61 Å². The van der Waals surface area contributed by atoms with Crippen LogP contribution >= 0.6 is 11.3 Å². The average molecular weight is 518 g/mol. The maximum atomic E-state index is 13.0. The molecule has 0 spiro atoms. The van der Waals surface area contributed by atoms with Crippen LogP contribution in [0.2, 0.25) is 0 Å². The summed E-state index contributed by atoms with van der Waals surface area (Å²) < 4.78 is 15.3. The second kappa shape index (κ2) is 9.49. The summed E-state index contributed by atoms with van der Waals surface area (Å²) in [5, 5.41) is 14.5. The summed E-state index contributed by atoms with van der Waals surface area (Å²) in [4.78, 5) is 20.8. The lowest BCUT2D eigenvalue weighted by atomic mass is 10.1. The minimum Gasteiger partial charge on any atom is -0.335 e. The zero-order chi connectivity index (χ0) is 24.6. The Morgan fingerprint density at radius 1 is 1.03 bits per heavy atom. The van der Waals surface area contributed by atoms with E-state index in [1.165, 1.54) is 11.3 Å². The fourth-order valence-electron chi connectivity index (χ4n) is 4.39. The largest absolute Gasteiger partial charge is 0.335 e. The summed E-state index contributed by atoms with van der Waals surface area (Å²) in [5.41, 5.74) is 3.50.